The van der Waals surface area contributed by atoms with Crippen molar-refractivity contribution >= 4 is 28.3 Å². The van der Waals surface area contributed by atoms with Crippen molar-refractivity contribution < 1.29 is 33.0 Å². The molecule has 0 bridgehead atoms. The van der Waals surface area contributed by atoms with Crippen LogP contribution in [0, 0.1) is 0 Å². The number of nitrogens with zero attached hydrogens (tertiary/aromatic N) is 4. The van der Waals surface area contributed by atoms with Gasteiger partial charge in [-0.05, 0) is 61.6 Å². The van der Waals surface area contributed by atoms with Crippen LogP contribution in [0.25, 0.3) is 10.8 Å². The fourth-order valence-electron chi connectivity index (χ4n) is 4.80. The van der Waals surface area contributed by atoms with Gasteiger partial charge in [0.05, 0.1) is 29.9 Å². The van der Waals surface area contributed by atoms with E-state index < -0.39 is 18.9 Å². The maximum absolute atomic E-state index is 13.3. The summed E-state index contributed by atoms with van der Waals surface area (Å²) in [5, 5.41) is 24.7. The Balaban J connectivity index is 0.000000470. The zero-order chi connectivity index (χ0) is 28.9. The van der Waals surface area contributed by atoms with Gasteiger partial charge in [-0.2, -0.15) is 18.3 Å². The van der Waals surface area contributed by atoms with Gasteiger partial charge in [-0.1, -0.05) is 25.3 Å². The van der Waals surface area contributed by atoms with Crippen LogP contribution in [0.1, 0.15) is 55.7 Å². The van der Waals surface area contributed by atoms with Crippen molar-refractivity contribution in [2.24, 2.45) is 0 Å². The van der Waals surface area contributed by atoms with E-state index in [2.05, 4.69) is 16.5 Å². The molecule has 1 aliphatic carbocycles. The molecule has 0 unspecified atom stereocenters. The predicted octanol–water partition coefficient (Wildman–Crippen LogP) is 3.32. The van der Waals surface area contributed by atoms with Crippen LogP contribution in [0.2, 0.25) is 0 Å². The van der Waals surface area contributed by atoms with Crippen molar-refractivity contribution in [2.45, 2.75) is 69.9 Å². The van der Waals surface area contributed by atoms with Gasteiger partial charge >= 0.3 is 12.1 Å². The van der Waals surface area contributed by atoms with E-state index in [0.29, 0.717) is 28.9 Å². The number of pyridine rings is 1. The number of carbonyl (C=O) groups excluding carboxylic acids is 1. The minimum absolute atomic E-state index is 0.00424. The summed E-state index contributed by atoms with van der Waals surface area (Å²) in [4.78, 5) is 41.0. The number of fused-ring (bicyclic) bond motifs is 1. The van der Waals surface area contributed by atoms with Crippen molar-refractivity contribution in [1.29, 1.82) is 0 Å². The van der Waals surface area contributed by atoms with E-state index in [1.807, 2.05) is 12.3 Å². The van der Waals surface area contributed by atoms with Crippen LogP contribution in [0.3, 0.4) is 0 Å². The summed E-state index contributed by atoms with van der Waals surface area (Å²) in [7, 11) is 0. The number of aromatic nitrogens is 3. The third kappa shape index (κ3) is 6.83. The summed E-state index contributed by atoms with van der Waals surface area (Å²) in [6, 6.07) is 9.25. The number of carboxylic acids is 1. The molecule has 3 heterocycles. The highest BCUT2D eigenvalue weighted by Crippen LogP contribution is 2.32. The minimum atomic E-state index is -5.08. The van der Waals surface area contributed by atoms with Crippen molar-refractivity contribution in [2.75, 3.05) is 11.4 Å². The molecule has 13 heteroatoms. The first kappa shape index (κ1) is 29.2. The van der Waals surface area contributed by atoms with Crippen LogP contribution in [-0.2, 0) is 22.9 Å². The van der Waals surface area contributed by atoms with Crippen molar-refractivity contribution in [3.63, 3.8) is 0 Å². The van der Waals surface area contributed by atoms with Gasteiger partial charge in [-0.25, -0.2) is 9.48 Å². The van der Waals surface area contributed by atoms with Gasteiger partial charge < -0.3 is 20.4 Å². The number of carbonyl (C=O) groups is 2. The number of hydrogen-bond donors (Lipinski definition) is 3. The molecule has 3 N–H and O–H groups in total. The van der Waals surface area contributed by atoms with E-state index in [1.54, 1.807) is 23.1 Å². The first-order chi connectivity index (χ1) is 19.1. The molecule has 10 nitrogen and oxygen atoms in total. The number of nitrogens with one attached hydrogen (secondary N) is 1. The Labute approximate surface area is 227 Å². The number of aliphatic hydroxyl groups is 1. The molecule has 1 aromatic carbocycles. The van der Waals surface area contributed by atoms with E-state index in [9.17, 15) is 27.9 Å². The third-order valence-corrected chi connectivity index (χ3v) is 7.16. The number of hydrogen-bond acceptors (Lipinski definition) is 7. The normalized spacial score (nSPS) is 17.4. The highest BCUT2D eigenvalue weighted by Gasteiger charge is 2.38. The van der Waals surface area contributed by atoms with Crippen LogP contribution in [0.15, 0.2) is 47.5 Å². The lowest BCUT2D eigenvalue weighted by Crippen LogP contribution is -2.54. The number of aliphatic hydroxyl groups excluding tert-OH is 1. The topological polar surface area (TPSA) is 138 Å². The van der Waals surface area contributed by atoms with Crippen molar-refractivity contribution in [1.82, 2.24) is 20.1 Å². The number of alkyl halides is 3. The van der Waals surface area contributed by atoms with Gasteiger partial charge in [0.25, 0.3) is 5.56 Å². The number of aliphatic carboxylic acids is 1. The summed E-state index contributed by atoms with van der Waals surface area (Å²) in [6.07, 6.45) is 5.56. The van der Waals surface area contributed by atoms with Crippen LogP contribution in [0.4, 0.5) is 18.9 Å². The van der Waals surface area contributed by atoms with Crippen LogP contribution < -0.4 is 15.8 Å². The third-order valence-electron chi connectivity index (χ3n) is 7.16. The number of rotatable bonds is 6. The maximum Gasteiger partial charge on any atom is 0.490 e. The fourth-order valence-corrected chi connectivity index (χ4v) is 4.80. The van der Waals surface area contributed by atoms with Gasteiger partial charge in [0.2, 0.25) is 5.91 Å². The van der Waals surface area contributed by atoms with E-state index >= 15 is 0 Å². The molecule has 40 heavy (non-hydrogen) atoms. The lowest BCUT2D eigenvalue weighted by Gasteiger charge is -2.33. The highest BCUT2D eigenvalue weighted by molar-refractivity contribution is 5.99. The van der Waals surface area contributed by atoms with E-state index in [1.165, 1.54) is 43.9 Å². The van der Waals surface area contributed by atoms with Gasteiger partial charge in [0.1, 0.15) is 6.73 Å². The molecule has 2 fully saturated rings. The van der Waals surface area contributed by atoms with Crippen LogP contribution in [0.5, 0.6) is 0 Å². The summed E-state index contributed by atoms with van der Waals surface area (Å²) < 4.78 is 32.7. The summed E-state index contributed by atoms with van der Waals surface area (Å²) in [5.41, 5.74) is 2.45. The second-order valence-corrected chi connectivity index (χ2v) is 9.80. The second-order valence-electron chi connectivity index (χ2n) is 9.80. The number of amides is 1. The lowest BCUT2D eigenvalue weighted by molar-refractivity contribution is -0.192. The van der Waals surface area contributed by atoms with Gasteiger partial charge in [0.15, 0.2) is 0 Å². The Bertz CT molecular complexity index is 1400. The molecular weight excluding hydrogens is 531 g/mol. The van der Waals surface area contributed by atoms with Crippen LogP contribution >= 0.6 is 0 Å². The molecule has 5 rings (SSSR count). The number of benzene rings is 1. The Morgan fingerprint density at radius 2 is 1.77 bits per heavy atom. The molecule has 2 aliphatic rings. The molecule has 3 aromatic rings. The summed E-state index contributed by atoms with van der Waals surface area (Å²) in [5.74, 6) is -2.17. The van der Waals surface area contributed by atoms with Gasteiger partial charge in [-0.3, -0.25) is 14.6 Å². The maximum atomic E-state index is 13.3. The number of anilines is 1. The highest BCUT2D eigenvalue weighted by atomic mass is 19.4. The van der Waals surface area contributed by atoms with Crippen molar-refractivity contribution in [3.8, 4) is 0 Å². The standard InChI is InChI=1S/C25H29N5O3.C2HF3O2/c31-16-30-24(32)22-9-8-21(12-19(22)14-28-30)29(25(33)23-10-11-26-23)15-20-7-6-18(13-27-20)17-4-2-1-3-5-17;3-2(4,5)1(6)7/h6-9,12-14,17,23,26,31H,1-5,10-11,15-16H2;(H,6,7)/t23-;/m1./s1. The van der Waals surface area contributed by atoms with E-state index in [-0.39, 0.29) is 17.5 Å². The zero-order valence-electron chi connectivity index (χ0n) is 21.6. The first-order valence-corrected chi connectivity index (χ1v) is 13.0. The average molecular weight is 562 g/mol. The van der Waals surface area contributed by atoms with E-state index in [4.69, 9.17) is 14.9 Å². The Morgan fingerprint density at radius 3 is 2.33 bits per heavy atom. The lowest BCUT2D eigenvalue weighted by atomic mass is 9.85. The molecule has 2 aromatic heterocycles. The number of halogens is 3. The van der Waals surface area contributed by atoms with E-state index in [0.717, 1.165) is 23.3 Å². The molecule has 0 radical (unpaired) electrons. The molecule has 214 valence electrons. The Kier molecular flexibility index (Phi) is 9.15. The first-order valence-electron chi connectivity index (χ1n) is 13.0. The predicted molar refractivity (Wildman–Crippen MR) is 140 cm³/mol. The van der Waals surface area contributed by atoms with Crippen molar-refractivity contribution in [3.05, 3.63) is 64.3 Å². The molecule has 1 saturated carbocycles. The zero-order valence-corrected chi connectivity index (χ0v) is 21.6. The minimum Gasteiger partial charge on any atom is -0.475 e. The average Bonchev–Trinajstić information content (AvgIpc) is 2.91. The molecule has 1 aliphatic heterocycles. The Morgan fingerprint density at radius 1 is 1.07 bits per heavy atom. The molecule has 0 spiro atoms. The van der Waals surface area contributed by atoms with Crippen LogP contribution in [-0.4, -0.2) is 55.6 Å². The number of carboxylic acid groups (broad SMARTS) is 1. The Hall–Kier alpha value is -3.84. The fraction of sp³-hybridized carbons (Fsp3) is 0.444. The largest absolute Gasteiger partial charge is 0.490 e. The molecule has 1 atom stereocenters. The SMILES string of the molecule is O=C(O)C(F)(F)F.O=C([C@H]1CCN1)N(Cc1ccc(C2CCCCC2)cn1)c1ccc2c(=O)n(CO)ncc2c1. The second kappa shape index (κ2) is 12.6. The van der Waals surface area contributed by atoms with Gasteiger partial charge in [-0.15, -0.1) is 0 Å². The quantitative estimate of drug-likeness (QED) is 0.417. The molecule has 1 saturated heterocycles. The van der Waals surface area contributed by atoms with Gasteiger partial charge in [0, 0.05) is 17.3 Å². The monoisotopic (exact) mass is 561 g/mol. The summed E-state index contributed by atoms with van der Waals surface area (Å²) in [6.45, 7) is 0.715. The molecular formula is C27H30F3N5O5. The summed E-state index contributed by atoms with van der Waals surface area (Å²) >= 11 is 0. The smallest absolute Gasteiger partial charge is 0.475 e. The molecule has 1 amide bonds.